The topological polar surface area (TPSA) is 75.3 Å². The highest BCUT2D eigenvalue weighted by molar-refractivity contribution is 7.92. The van der Waals surface area contributed by atoms with Gasteiger partial charge in [-0.05, 0) is 43.2 Å². The molecule has 0 saturated heterocycles. The summed E-state index contributed by atoms with van der Waals surface area (Å²) in [5.74, 6) is -0.0407. The highest BCUT2D eigenvalue weighted by Crippen LogP contribution is 2.23. The number of nitrogens with one attached hydrogen (secondary N) is 2. The van der Waals surface area contributed by atoms with E-state index in [0.717, 1.165) is 5.56 Å². The quantitative estimate of drug-likeness (QED) is 0.799. The van der Waals surface area contributed by atoms with Gasteiger partial charge < -0.3 is 5.32 Å². The molecule has 0 unspecified atom stereocenters. The number of sulfonamides is 1. The van der Waals surface area contributed by atoms with Crippen LogP contribution < -0.4 is 10.0 Å². The standard InChI is InChI=1S/C18H21ClN2O3S/c1-12(2)11-20-18(22)16-10-14(6-9-17(16)19)21-25(23,24)15-7-4-13(3)5-8-15/h4-10,12,21H,11H2,1-3H3,(H,20,22). The second-order valence-corrected chi connectivity index (χ2v) is 8.31. The Morgan fingerprint density at radius 1 is 1.12 bits per heavy atom. The van der Waals surface area contributed by atoms with Gasteiger partial charge in [0.15, 0.2) is 0 Å². The van der Waals surface area contributed by atoms with Crippen molar-refractivity contribution in [2.45, 2.75) is 25.7 Å². The van der Waals surface area contributed by atoms with Gasteiger partial charge in [-0.1, -0.05) is 43.1 Å². The number of aryl methyl sites for hydroxylation is 1. The van der Waals surface area contributed by atoms with E-state index in [1.807, 2.05) is 20.8 Å². The van der Waals surface area contributed by atoms with Crippen molar-refractivity contribution in [3.05, 3.63) is 58.6 Å². The molecule has 0 radical (unpaired) electrons. The number of hydrogen-bond donors (Lipinski definition) is 2. The number of hydrogen-bond acceptors (Lipinski definition) is 3. The van der Waals surface area contributed by atoms with Crippen LogP contribution in [0.3, 0.4) is 0 Å². The van der Waals surface area contributed by atoms with Gasteiger partial charge in [0.1, 0.15) is 0 Å². The summed E-state index contributed by atoms with van der Waals surface area (Å²) < 4.78 is 27.4. The third-order valence-corrected chi connectivity index (χ3v) is 5.19. The van der Waals surface area contributed by atoms with Gasteiger partial charge in [-0.3, -0.25) is 9.52 Å². The minimum absolute atomic E-state index is 0.152. The zero-order chi connectivity index (χ0) is 18.6. The molecule has 0 bridgehead atoms. The van der Waals surface area contributed by atoms with Crippen LogP contribution in [0.1, 0.15) is 29.8 Å². The van der Waals surface area contributed by atoms with Crippen LogP contribution in [-0.4, -0.2) is 20.9 Å². The van der Waals surface area contributed by atoms with Crippen molar-refractivity contribution < 1.29 is 13.2 Å². The Morgan fingerprint density at radius 2 is 1.76 bits per heavy atom. The van der Waals surface area contributed by atoms with Gasteiger partial charge in [0.2, 0.25) is 0 Å². The molecule has 0 saturated carbocycles. The molecule has 2 N–H and O–H groups in total. The lowest BCUT2D eigenvalue weighted by Gasteiger charge is -2.12. The first-order chi connectivity index (χ1) is 11.7. The van der Waals surface area contributed by atoms with Crippen LogP contribution >= 0.6 is 11.6 Å². The van der Waals surface area contributed by atoms with Crippen LogP contribution in [0.5, 0.6) is 0 Å². The van der Waals surface area contributed by atoms with E-state index in [2.05, 4.69) is 10.0 Å². The van der Waals surface area contributed by atoms with Crippen molar-refractivity contribution in [2.75, 3.05) is 11.3 Å². The first kappa shape index (κ1) is 19.3. The van der Waals surface area contributed by atoms with E-state index < -0.39 is 10.0 Å². The van der Waals surface area contributed by atoms with Gasteiger partial charge in [0, 0.05) is 12.2 Å². The monoisotopic (exact) mass is 380 g/mol. The lowest BCUT2D eigenvalue weighted by atomic mass is 10.1. The Morgan fingerprint density at radius 3 is 2.36 bits per heavy atom. The highest BCUT2D eigenvalue weighted by atomic mass is 35.5. The minimum atomic E-state index is -3.74. The molecule has 2 aromatic rings. The Balaban J connectivity index is 2.24. The molecule has 134 valence electrons. The van der Waals surface area contributed by atoms with Crippen LogP contribution in [0, 0.1) is 12.8 Å². The summed E-state index contributed by atoms with van der Waals surface area (Å²) in [6, 6.07) is 11.0. The maximum Gasteiger partial charge on any atom is 0.261 e. The van der Waals surface area contributed by atoms with Crippen molar-refractivity contribution in [3.63, 3.8) is 0 Å². The van der Waals surface area contributed by atoms with Crippen LogP contribution in [0.4, 0.5) is 5.69 Å². The van der Waals surface area contributed by atoms with E-state index in [4.69, 9.17) is 11.6 Å². The van der Waals surface area contributed by atoms with Gasteiger partial charge in [0.25, 0.3) is 15.9 Å². The van der Waals surface area contributed by atoms with Crippen molar-refractivity contribution in [1.29, 1.82) is 0 Å². The smallest absolute Gasteiger partial charge is 0.261 e. The molecule has 0 aliphatic rings. The summed E-state index contributed by atoms with van der Waals surface area (Å²) in [4.78, 5) is 12.4. The molecular formula is C18H21ClN2O3S. The summed E-state index contributed by atoms with van der Waals surface area (Å²) in [7, 11) is -3.74. The number of benzene rings is 2. The van der Waals surface area contributed by atoms with Crippen molar-refractivity contribution in [3.8, 4) is 0 Å². The molecule has 0 aliphatic carbocycles. The Kier molecular flexibility index (Phi) is 6.08. The van der Waals surface area contributed by atoms with Gasteiger partial charge >= 0.3 is 0 Å². The van der Waals surface area contributed by atoms with Crippen LogP contribution in [-0.2, 0) is 10.0 Å². The largest absolute Gasteiger partial charge is 0.352 e. The normalized spacial score (nSPS) is 11.4. The van der Waals surface area contributed by atoms with E-state index in [1.165, 1.54) is 30.3 Å². The fourth-order valence-corrected chi connectivity index (χ4v) is 3.34. The first-order valence-electron chi connectivity index (χ1n) is 7.86. The van der Waals surface area contributed by atoms with Gasteiger partial charge in [0.05, 0.1) is 15.5 Å². The van der Waals surface area contributed by atoms with E-state index >= 15 is 0 Å². The predicted molar refractivity (Wildman–Crippen MR) is 101 cm³/mol. The van der Waals surface area contributed by atoms with E-state index in [1.54, 1.807) is 12.1 Å². The van der Waals surface area contributed by atoms with E-state index in [9.17, 15) is 13.2 Å². The molecule has 1 amide bonds. The van der Waals surface area contributed by atoms with Crippen LogP contribution in [0.25, 0.3) is 0 Å². The maximum absolute atomic E-state index is 12.4. The number of carbonyl (C=O) groups excluding carboxylic acids is 1. The summed E-state index contributed by atoms with van der Waals surface area (Å²) in [5.41, 5.74) is 1.47. The Hall–Kier alpha value is -2.05. The van der Waals surface area contributed by atoms with Gasteiger partial charge in [-0.2, -0.15) is 0 Å². The fourth-order valence-electron chi connectivity index (χ4n) is 2.09. The molecule has 0 heterocycles. The zero-order valence-electron chi connectivity index (χ0n) is 14.3. The lowest BCUT2D eigenvalue weighted by Crippen LogP contribution is -2.27. The molecule has 2 aromatic carbocycles. The minimum Gasteiger partial charge on any atom is -0.352 e. The average molecular weight is 381 g/mol. The van der Waals surface area contributed by atoms with E-state index in [0.29, 0.717) is 12.5 Å². The third kappa shape index (κ3) is 5.21. The van der Waals surface area contributed by atoms with Crippen molar-refractivity contribution in [2.24, 2.45) is 5.92 Å². The number of carbonyl (C=O) groups is 1. The van der Waals surface area contributed by atoms with Crippen molar-refractivity contribution >= 4 is 33.2 Å². The molecule has 0 spiro atoms. The number of anilines is 1. The van der Waals surface area contributed by atoms with Crippen LogP contribution in [0.15, 0.2) is 47.4 Å². The number of amides is 1. The second kappa shape index (κ2) is 7.89. The third-order valence-electron chi connectivity index (χ3n) is 3.47. The summed E-state index contributed by atoms with van der Waals surface area (Å²) >= 11 is 6.07. The van der Waals surface area contributed by atoms with Crippen molar-refractivity contribution in [1.82, 2.24) is 5.32 Å². The zero-order valence-corrected chi connectivity index (χ0v) is 15.9. The molecular weight excluding hydrogens is 360 g/mol. The Bertz CT molecular complexity index is 862. The molecule has 25 heavy (non-hydrogen) atoms. The lowest BCUT2D eigenvalue weighted by molar-refractivity contribution is 0.0949. The molecule has 5 nitrogen and oxygen atoms in total. The SMILES string of the molecule is Cc1ccc(S(=O)(=O)Nc2ccc(Cl)c(C(=O)NCC(C)C)c2)cc1. The Labute approximate surface area is 153 Å². The fraction of sp³-hybridized carbons (Fsp3) is 0.278. The molecule has 0 aliphatic heterocycles. The maximum atomic E-state index is 12.4. The summed E-state index contributed by atoms with van der Waals surface area (Å²) in [5, 5.41) is 3.03. The first-order valence-corrected chi connectivity index (χ1v) is 9.72. The molecule has 0 atom stereocenters. The number of rotatable bonds is 6. The molecule has 2 rings (SSSR count). The summed E-state index contributed by atoms with van der Waals surface area (Å²) in [6.07, 6.45) is 0. The average Bonchev–Trinajstić information content (AvgIpc) is 2.54. The molecule has 0 aromatic heterocycles. The van der Waals surface area contributed by atoms with Gasteiger partial charge in [-0.25, -0.2) is 8.42 Å². The van der Waals surface area contributed by atoms with Gasteiger partial charge in [-0.15, -0.1) is 0 Å². The molecule has 7 heteroatoms. The summed E-state index contributed by atoms with van der Waals surface area (Å²) in [6.45, 7) is 6.35. The highest BCUT2D eigenvalue weighted by Gasteiger charge is 2.16. The number of halogens is 1. The predicted octanol–water partition coefficient (Wildman–Crippen LogP) is 3.84. The molecule has 0 fully saturated rings. The van der Waals surface area contributed by atoms with Crippen LogP contribution in [0.2, 0.25) is 5.02 Å². The van der Waals surface area contributed by atoms with E-state index in [-0.39, 0.29) is 27.1 Å². The second-order valence-electron chi connectivity index (χ2n) is 6.22.